The fourth-order valence-electron chi connectivity index (χ4n) is 3.02. The molecule has 2 N–H and O–H groups in total. The normalized spacial score (nSPS) is 17.5. The lowest BCUT2D eigenvalue weighted by Crippen LogP contribution is -2.31. The van der Waals surface area contributed by atoms with E-state index in [1.807, 2.05) is 12.1 Å². The first-order valence-electron chi connectivity index (χ1n) is 7.18. The zero-order valence-electron chi connectivity index (χ0n) is 11.6. The van der Waals surface area contributed by atoms with Gasteiger partial charge in [0.05, 0.1) is 5.56 Å². The Kier molecular flexibility index (Phi) is 4.59. The first kappa shape index (κ1) is 14.1. The van der Waals surface area contributed by atoms with Gasteiger partial charge in [-0.1, -0.05) is 31.9 Å². The van der Waals surface area contributed by atoms with Crippen molar-refractivity contribution >= 4 is 5.97 Å². The summed E-state index contributed by atoms with van der Waals surface area (Å²) in [6.45, 7) is 4.18. The van der Waals surface area contributed by atoms with Gasteiger partial charge in [-0.15, -0.1) is 0 Å². The highest BCUT2D eigenvalue weighted by Gasteiger charge is 2.31. The second kappa shape index (κ2) is 6.20. The Morgan fingerprint density at radius 3 is 2.42 bits per heavy atom. The van der Waals surface area contributed by atoms with Crippen molar-refractivity contribution < 1.29 is 9.90 Å². The summed E-state index contributed by atoms with van der Waals surface area (Å²) in [5.41, 5.74) is 2.00. The van der Waals surface area contributed by atoms with Crippen molar-refractivity contribution in [2.75, 3.05) is 6.54 Å². The summed E-state index contributed by atoms with van der Waals surface area (Å²) in [5, 5.41) is 12.4. The molecule has 0 aliphatic heterocycles. The molecule has 0 aromatic heterocycles. The lowest BCUT2D eigenvalue weighted by atomic mass is 9.83. The van der Waals surface area contributed by atoms with Crippen LogP contribution in [0.15, 0.2) is 24.3 Å². The Morgan fingerprint density at radius 2 is 1.89 bits per heavy atom. The van der Waals surface area contributed by atoms with E-state index in [9.17, 15) is 4.79 Å². The van der Waals surface area contributed by atoms with Crippen molar-refractivity contribution in [2.45, 2.75) is 45.6 Å². The van der Waals surface area contributed by atoms with E-state index < -0.39 is 5.97 Å². The number of hydrogen-bond donors (Lipinski definition) is 2. The molecule has 1 aliphatic rings. The second-order valence-electron chi connectivity index (χ2n) is 5.67. The third-order valence-corrected chi connectivity index (χ3v) is 4.44. The van der Waals surface area contributed by atoms with Crippen LogP contribution in [0.25, 0.3) is 0 Å². The standard InChI is InChI=1S/C16H23NO2/c1-2-16(9-3-4-10-16)12-17-11-13-5-7-14(8-6-13)15(18)19/h5-8,17H,2-4,9-12H2,1H3,(H,18,19). The molecule has 0 atom stereocenters. The van der Waals surface area contributed by atoms with Gasteiger partial charge < -0.3 is 10.4 Å². The average Bonchev–Trinajstić information content (AvgIpc) is 2.89. The number of carboxylic acids is 1. The Labute approximate surface area is 115 Å². The van der Waals surface area contributed by atoms with Crippen molar-refractivity contribution in [1.29, 1.82) is 0 Å². The number of carboxylic acid groups (broad SMARTS) is 1. The molecule has 2 rings (SSSR count). The second-order valence-corrected chi connectivity index (χ2v) is 5.67. The Bertz CT molecular complexity index is 419. The summed E-state index contributed by atoms with van der Waals surface area (Å²) in [5.74, 6) is -0.865. The Morgan fingerprint density at radius 1 is 1.26 bits per heavy atom. The van der Waals surface area contributed by atoms with Crippen molar-refractivity contribution in [3.8, 4) is 0 Å². The molecule has 1 aromatic rings. The van der Waals surface area contributed by atoms with Gasteiger partial charge in [0.25, 0.3) is 0 Å². The van der Waals surface area contributed by atoms with E-state index >= 15 is 0 Å². The van der Waals surface area contributed by atoms with Gasteiger partial charge in [-0.25, -0.2) is 4.79 Å². The monoisotopic (exact) mass is 261 g/mol. The number of carbonyl (C=O) groups is 1. The van der Waals surface area contributed by atoms with Crippen LogP contribution in [-0.2, 0) is 6.54 Å². The number of aromatic carboxylic acids is 1. The maximum atomic E-state index is 10.8. The van der Waals surface area contributed by atoms with E-state index in [0.29, 0.717) is 11.0 Å². The van der Waals surface area contributed by atoms with Crippen LogP contribution in [0.5, 0.6) is 0 Å². The summed E-state index contributed by atoms with van der Waals surface area (Å²) >= 11 is 0. The van der Waals surface area contributed by atoms with E-state index in [4.69, 9.17) is 5.11 Å². The van der Waals surface area contributed by atoms with E-state index in [1.165, 1.54) is 32.1 Å². The summed E-state index contributed by atoms with van der Waals surface area (Å²) in [7, 11) is 0. The van der Waals surface area contributed by atoms with E-state index in [1.54, 1.807) is 12.1 Å². The number of rotatable bonds is 6. The number of benzene rings is 1. The van der Waals surface area contributed by atoms with Crippen LogP contribution in [0.3, 0.4) is 0 Å². The van der Waals surface area contributed by atoms with Crippen molar-refractivity contribution in [2.24, 2.45) is 5.41 Å². The predicted molar refractivity (Wildman–Crippen MR) is 76.3 cm³/mol. The van der Waals surface area contributed by atoms with Gasteiger partial charge >= 0.3 is 5.97 Å². The van der Waals surface area contributed by atoms with Crippen LogP contribution in [-0.4, -0.2) is 17.6 Å². The summed E-state index contributed by atoms with van der Waals surface area (Å²) in [4.78, 5) is 10.8. The molecule has 0 unspecified atom stereocenters. The van der Waals surface area contributed by atoms with Gasteiger partial charge in [0.1, 0.15) is 0 Å². The van der Waals surface area contributed by atoms with E-state index in [2.05, 4.69) is 12.2 Å². The lowest BCUT2D eigenvalue weighted by molar-refractivity contribution is 0.0697. The largest absolute Gasteiger partial charge is 0.478 e. The van der Waals surface area contributed by atoms with Crippen molar-refractivity contribution in [3.05, 3.63) is 35.4 Å². The van der Waals surface area contributed by atoms with Gasteiger partial charge in [0, 0.05) is 13.1 Å². The average molecular weight is 261 g/mol. The minimum atomic E-state index is -0.865. The molecule has 0 heterocycles. The molecule has 1 fully saturated rings. The molecule has 0 amide bonds. The van der Waals surface area contributed by atoms with E-state index in [-0.39, 0.29) is 0 Å². The molecule has 19 heavy (non-hydrogen) atoms. The number of nitrogens with one attached hydrogen (secondary N) is 1. The SMILES string of the molecule is CCC1(CNCc2ccc(C(=O)O)cc2)CCCC1. The van der Waals surface area contributed by atoms with Crippen LogP contribution >= 0.6 is 0 Å². The Hall–Kier alpha value is -1.35. The first-order chi connectivity index (χ1) is 9.15. The van der Waals surface area contributed by atoms with Gasteiger partial charge in [0.2, 0.25) is 0 Å². The molecule has 3 nitrogen and oxygen atoms in total. The zero-order chi connectivity index (χ0) is 13.7. The number of hydrogen-bond acceptors (Lipinski definition) is 2. The molecule has 104 valence electrons. The molecular weight excluding hydrogens is 238 g/mol. The van der Waals surface area contributed by atoms with Gasteiger partial charge in [0.15, 0.2) is 0 Å². The zero-order valence-corrected chi connectivity index (χ0v) is 11.6. The third kappa shape index (κ3) is 3.57. The van der Waals surface area contributed by atoms with Crippen LogP contribution in [0, 0.1) is 5.41 Å². The quantitative estimate of drug-likeness (QED) is 0.824. The fourth-order valence-corrected chi connectivity index (χ4v) is 3.02. The molecule has 1 aromatic carbocycles. The fraction of sp³-hybridized carbons (Fsp3) is 0.562. The Balaban J connectivity index is 1.83. The van der Waals surface area contributed by atoms with Crippen LogP contribution < -0.4 is 5.32 Å². The van der Waals surface area contributed by atoms with Gasteiger partial charge in [-0.2, -0.15) is 0 Å². The molecule has 1 saturated carbocycles. The summed E-state index contributed by atoms with van der Waals surface area (Å²) in [6.07, 6.45) is 6.66. The minimum absolute atomic E-state index is 0.351. The molecule has 0 radical (unpaired) electrons. The molecule has 0 saturated heterocycles. The lowest BCUT2D eigenvalue weighted by Gasteiger charge is -2.27. The van der Waals surface area contributed by atoms with Crippen LogP contribution in [0.4, 0.5) is 0 Å². The van der Waals surface area contributed by atoms with Crippen LogP contribution in [0.1, 0.15) is 54.9 Å². The van der Waals surface area contributed by atoms with E-state index in [0.717, 1.165) is 18.7 Å². The predicted octanol–water partition coefficient (Wildman–Crippen LogP) is 3.44. The van der Waals surface area contributed by atoms with Crippen molar-refractivity contribution in [1.82, 2.24) is 5.32 Å². The molecule has 0 bridgehead atoms. The van der Waals surface area contributed by atoms with Gasteiger partial charge in [-0.3, -0.25) is 0 Å². The molecule has 0 spiro atoms. The van der Waals surface area contributed by atoms with Gasteiger partial charge in [-0.05, 0) is 42.4 Å². The highest BCUT2D eigenvalue weighted by Crippen LogP contribution is 2.40. The topological polar surface area (TPSA) is 49.3 Å². The minimum Gasteiger partial charge on any atom is -0.478 e. The molecule has 3 heteroatoms. The molecule has 1 aliphatic carbocycles. The molecular formula is C16H23NO2. The smallest absolute Gasteiger partial charge is 0.335 e. The van der Waals surface area contributed by atoms with Crippen LogP contribution in [0.2, 0.25) is 0 Å². The first-order valence-corrected chi connectivity index (χ1v) is 7.18. The highest BCUT2D eigenvalue weighted by atomic mass is 16.4. The summed E-state index contributed by atoms with van der Waals surface area (Å²) in [6, 6.07) is 7.13. The summed E-state index contributed by atoms with van der Waals surface area (Å²) < 4.78 is 0. The maximum Gasteiger partial charge on any atom is 0.335 e. The third-order valence-electron chi connectivity index (χ3n) is 4.44. The van der Waals surface area contributed by atoms with Crippen molar-refractivity contribution in [3.63, 3.8) is 0 Å². The highest BCUT2D eigenvalue weighted by molar-refractivity contribution is 5.87. The maximum absolute atomic E-state index is 10.8.